The molecule has 1 aromatic heterocycles. The number of nitrogens with zero attached hydrogens (tertiary/aromatic N) is 3. The summed E-state index contributed by atoms with van der Waals surface area (Å²) in [5, 5.41) is 22.7. The molecule has 0 fully saturated rings. The molecule has 0 atom stereocenters. The highest BCUT2D eigenvalue weighted by Crippen LogP contribution is 2.50. The Balaban J connectivity index is 3.17. The van der Waals surface area contributed by atoms with Gasteiger partial charge in [-0.1, -0.05) is 0 Å². The topological polar surface area (TPSA) is 118 Å². The van der Waals surface area contributed by atoms with E-state index in [0.717, 1.165) is 0 Å². The van der Waals surface area contributed by atoms with Gasteiger partial charge in [0.05, 0.1) is 29.5 Å². The molecule has 110 valence electrons. The summed E-state index contributed by atoms with van der Waals surface area (Å²) in [6.07, 6.45) is 1.35. The number of methoxy groups -OCH3 is 2. The number of ether oxygens (including phenoxy) is 2. The highest BCUT2D eigenvalue weighted by molar-refractivity contribution is 6.02. The predicted octanol–water partition coefficient (Wildman–Crippen LogP) is 2.38. The summed E-state index contributed by atoms with van der Waals surface area (Å²) in [6, 6.07) is 1.53. The molecule has 9 heteroatoms. The summed E-state index contributed by atoms with van der Waals surface area (Å²) < 4.78 is 9.94. The number of aromatic nitrogens is 1. The maximum Gasteiger partial charge on any atom is 0.341 e. The van der Waals surface area contributed by atoms with Crippen LogP contribution in [0.4, 0.5) is 11.4 Å². The number of nitro groups is 2. The van der Waals surface area contributed by atoms with Crippen LogP contribution in [0.3, 0.4) is 0 Å². The van der Waals surface area contributed by atoms with E-state index < -0.39 is 21.2 Å². The molecule has 0 N–H and O–H groups in total. The van der Waals surface area contributed by atoms with E-state index in [1.165, 1.54) is 26.5 Å². The number of benzene rings is 1. The fourth-order valence-electron chi connectivity index (χ4n) is 2.20. The van der Waals surface area contributed by atoms with Gasteiger partial charge in [0, 0.05) is 6.20 Å². The summed E-state index contributed by atoms with van der Waals surface area (Å²) in [7, 11) is 2.36. The average Bonchev–Trinajstić information content (AvgIpc) is 2.44. The Bertz CT molecular complexity index is 758. The van der Waals surface area contributed by atoms with Crippen molar-refractivity contribution in [3.63, 3.8) is 0 Å². The van der Waals surface area contributed by atoms with Crippen molar-refractivity contribution in [3.05, 3.63) is 38.1 Å². The van der Waals surface area contributed by atoms with Crippen LogP contribution in [-0.2, 0) is 0 Å². The van der Waals surface area contributed by atoms with E-state index in [-0.39, 0.29) is 22.4 Å². The number of aryl methyl sites for hydroxylation is 1. The first kappa shape index (κ1) is 14.4. The Morgan fingerprint density at radius 1 is 1.05 bits per heavy atom. The zero-order valence-corrected chi connectivity index (χ0v) is 11.4. The number of hydrogen-bond donors (Lipinski definition) is 0. The number of rotatable bonds is 4. The summed E-state index contributed by atoms with van der Waals surface area (Å²) in [6.45, 7) is 1.60. The van der Waals surface area contributed by atoms with Crippen LogP contribution in [-0.4, -0.2) is 29.1 Å². The molecule has 0 unspecified atom stereocenters. The maximum absolute atomic E-state index is 11.4. The number of nitro benzene ring substituents is 2. The molecule has 2 rings (SSSR count). The van der Waals surface area contributed by atoms with Crippen molar-refractivity contribution in [2.75, 3.05) is 14.2 Å². The summed E-state index contributed by atoms with van der Waals surface area (Å²) in [4.78, 5) is 25.2. The van der Waals surface area contributed by atoms with Gasteiger partial charge in [0.25, 0.3) is 0 Å². The lowest BCUT2D eigenvalue weighted by Gasteiger charge is -2.12. The van der Waals surface area contributed by atoms with Crippen molar-refractivity contribution >= 4 is 22.3 Å². The van der Waals surface area contributed by atoms with Gasteiger partial charge in [0.1, 0.15) is 0 Å². The third-order valence-corrected chi connectivity index (χ3v) is 3.03. The first-order chi connectivity index (χ1) is 9.93. The van der Waals surface area contributed by atoms with E-state index in [9.17, 15) is 20.2 Å². The van der Waals surface area contributed by atoms with Crippen molar-refractivity contribution in [2.45, 2.75) is 6.92 Å². The normalized spacial score (nSPS) is 10.4. The van der Waals surface area contributed by atoms with Crippen LogP contribution in [0.25, 0.3) is 10.9 Å². The second-order valence-corrected chi connectivity index (χ2v) is 4.13. The molecule has 0 aliphatic carbocycles. The molecular weight excluding hydrogens is 282 g/mol. The second-order valence-electron chi connectivity index (χ2n) is 4.13. The zero-order chi connectivity index (χ0) is 15.7. The van der Waals surface area contributed by atoms with Crippen LogP contribution >= 0.6 is 0 Å². The first-order valence-electron chi connectivity index (χ1n) is 5.76. The monoisotopic (exact) mass is 293 g/mol. The number of fused-ring (bicyclic) bond motifs is 1. The highest BCUT2D eigenvalue weighted by Gasteiger charge is 2.35. The van der Waals surface area contributed by atoms with Crippen molar-refractivity contribution in [1.29, 1.82) is 0 Å². The lowest BCUT2D eigenvalue weighted by molar-refractivity contribution is -0.388. The van der Waals surface area contributed by atoms with Crippen molar-refractivity contribution < 1.29 is 19.3 Å². The molecule has 0 amide bonds. The van der Waals surface area contributed by atoms with Gasteiger partial charge in [0.2, 0.25) is 11.5 Å². The van der Waals surface area contributed by atoms with E-state index in [2.05, 4.69) is 4.98 Å². The van der Waals surface area contributed by atoms with Crippen LogP contribution < -0.4 is 9.47 Å². The molecule has 0 saturated heterocycles. The Morgan fingerprint density at radius 2 is 1.57 bits per heavy atom. The largest absolute Gasteiger partial charge is 0.487 e. The van der Waals surface area contributed by atoms with E-state index in [4.69, 9.17) is 9.47 Å². The highest BCUT2D eigenvalue weighted by atomic mass is 16.6. The Kier molecular flexibility index (Phi) is 3.57. The first-order valence-corrected chi connectivity index (χ1v) is 5.76. The van der Waals surface area contributed by atoms with E-state index in [1.807, 2.05) is 0 Å². The summed E-state index contributed by atoms with van der Waals surface area (Å²) in [5.74, 6) is -0.613. The van der Waals surface area contributed by atoms with Gasteiger partial charge in [-0.25, -0.2) is 4.98 Å². The van der Waals surface area contributed by atoms with Gasteiger partial charge in [-0.05, 0) is 18.6 Å². The minimum absolute atomic E-state index is 0.0619. The van der Waals surface area contributed by atoms with E-state index in [1.54, 1.807) is 6.92 Å². The molecule has 0 spiro atoms. The average molecular weight is 293 g/mol. The maximum atomic E-state index is 11.4. The molecular formula is C12H11N3O6. The molecule has 0 aliphatic rings. The molecule has 1 aromatic carbocycles. The molecule has 1 heterocycles. The number of pyridine rings is 1. The number of hydrogen-bond acceptors (Lipinski definition) is 7. The smallest absolute Gasteiger partial charge is 0.341 e. The van der Waals surface area contributed by atoms with Crippen LogP contribution in [0.5, 0.6) is 11.5 Å². The zero-order valence-electron chi connectivity index (χ0n) is 11.4. The summed E-state index contributed by atoms with van der Waals surface area (Å²) in [5.41, 5.74) is -0.487. The Hall–Kier alpha value is -2.97. The van der Waals surface area contributed by atoms with Crippen LogP contribution in [0.1, 0.15) is 5.56 Å². The lowest BCUT2D eigenvalue weighted by Crippen LogP contribution is -2.04. The van der Waals surface area contributed by atoms with Gasteiger partial charge in [-0.15, -0.1) is 0 Å². The summed E-state index contributed by atoms with van der Waals surface area (Å²) >= 11 is 0. The Labute approximate surface area is 118 Å². The van der Waals surface area contributed by atoms with Crippen molar-refractivity contribution in [1.82, 2.24) is 4.98 Å². The molecule has 0 aliphatic heterocycles. The van der Waals surface area contributed by atoms with Crippen LogP contribution in [0.15, 0.2) is 12.3 Å². The van der Waals surface area contributed by atoms with Gasteiger partial charge < -0.3 is 9.47 Å². The quantitative estimate of drug-likeness (QED) is 0.627. The standard InChI is InChI=1S/C12H11N3O6/c1-6-4-5-13-8-7(6)9(14(16)17)11(20-2)12(21-3)10(8)15(18)19/h4-5H,1-3H3. The fourth-order valence-corrected chi connectivity index (χ4v) is 2.20. The second kappa shape index (κ2) is 5.19. The SMILES string of the molecule is COc1c(OC)c([N+](=O)[O-])c2c(C)ccnc2c1[N+](=O)[O-]. The van der Waals surface area contributed by atoms with E-state index >= 15 is 0 Å². The lowest BCUT2D eigenvalue weighted by atomic mass is 10.1. The van der Waals surface area contributed by atoms with Gasteiger partial charge in [-0.2, -0.15) is 0 Å². The minimum atomic E-state index is -0.695. The molecule has 9 nitrogen and oxygen atoms in total. The predicted molar refractivity (Wildman–Crippen MR) is 72.9 cm³/mol. The van der Waals surface area contributed by atoms with E-state index in [0.29, 0.717) is 5.56 Å². The third-order valence-electron chi connectivity index (χ3n) is 3.03. The molecule has 0 bridgehead atoms. The fraction of sp³-hybridized carbons (Fsp3) is 0.250. The van der Waals surface area contributed by atoms with Gasteiger partial charge in [0.15, 0.2) is 5.52 Å². The molecule has 21 heavy (non-hydrogen) atoms. The third kappa shape index (κ3) is 2.08. The van der Waals surface area contributed by atoms with Crippen LogP contribution in [0.2, 0.25) is 0 Å². The minimum Gasteiger partial charge on any atom is -0.487 e. The molecule has 2 aromatic rings. The van der Waals surface area contributed by atoms with Gasteiger partial charge >= 0.3 is 11.4 Å². The van der Waals surface area contributed by atoms with Crippen LogP contribution in [0, 0.1) is 27.2 Å². The Morgan fingerprint density at radius 3 is 2.05 bits per heavy atom. The van der Waals surface area contributed by atoms with Crippen molar-refractivity contribution in [2.24, 2.45) is 0 Å². The van der Waals surface area contributed by atoms with Crippen molar-refractivity contribution in [3.8, 4) is 11.5 Å². The van der Waals surface area contributed by atoms with Gasteiger partial charge in [-0.3, -0.25) is 20.2 Å². The molecule has 0 radical (unpaired) electrons. The molecule has 0 saturated carbocycles.